The maximum absolute atomic E-state index is 6.15. The molecule has 0 amide bonds. The summed E-state index contributed by atoms with van der Waals surface area (Å²) >= 11 is 1.74. The molecule has 19 heavy (non-hydrogen) atoms. The van der Waals surface area contributed by atoms with Crippen LogP contribution in [0.1, 0.15) is 25.2 Å². The average Bonchev–Trinajstić information content (AvgIpc) is 2.83. The molecule has 0 saturated heterocycles. The van der Waals surface area contributed by atoms with Crippen molar-refractivity contribution in [3.05, 3.63) is 30.1 Å². The Morgan fingerprint density at radius 3 is 2.68 bits per heavy atom. The number of fused-ring (bicyclic) bond motifs is 1. The summed E-state index contributed by atoms with van der Waals surface area (Å²) in [5.74, 6) is 2.43. The van der Waals surface area contributed by atoms with Gasteiger partial charge in [0.2, 0.25) is 0 Å². The molecule has 0 saturated carbocycles. The number of thioether (sulfide) groups is 1. The van der Waals surface area contributed by atoms with Crippen LogP contribution in [-0.2, 0) is 6.54 Å². The van der Waals surface area contributed by atoms with Gasteiger partial charge in [0.15, 0.2) is 5.82 Å². The topological polar surface area (TPSA) is 56.7 Å². The zero-order chi connectivity index (χ0) is 13.4. The second kappa shape index (κ2) is 4.98. The van der Waals surface area contributed by atoms with Gasteiger partial charge < -0.3 is 10.3 Å². The molecule has 1 aromatic carbocycles. The molecule has 100 valence electrons. The molecule has 2 aromatic rings. The van der Waals surface area contributed by atoms with Crippen LogP contribution in [0.25, 0.3) is 11.4 Å². The Hall–Kier alpha value is -1.33. The van der Waals surface area contributed by atoms with Crippen molar-refractivity contribution in [3.63, 3.8) is 0 Å². The number of aromatic nitrogens is 3. The van der Waals surface area contributed by atoms with Crippen molar-refractivity contribution in [1.82, 2.24) is 14.8 Å². The fraction of sp³-hybridized carbons (Fsp3) is 0.429. The molecule has 2 N–H and O–H groups in total. The first-order valence-corrected chi connectivity index (χ1v) is 7.74. The number of nitrogens with zero attached hydrogens (tertiary/aromatic N) is 3. The van der Waals surface area contributed by atoms with E-state index in [2.05, 4.69) is 52.2 Å². The molecule has 1 aliphatic rings. The van der Waals surface area contributed by atoms with E-state index in [1.54, 1.807) is 11.8 Å². The lowest BCUT2D eigenvalue weighted by Gasteiger charge is -2.25. The summed E-state index contributed by atoms with van der Waals surface area (Å²) in [7, 11) is 0. The predicted octanol–water partition coefficient (Wildman–Crippen LogP) is 2.71. The van der Waals surface area contributed by atoms with Gasteiger partial charge >= 0.3 is 0 Å². The highest BCUT2D eigenvalue weighted by Crippen LogP contribution is 2.30. The standard InChI is InChI=1S/C14H18N4S/c1-9-7-12(15)14-17-16-13(18(14)8-9)10-3-5-11(19-2)6-4-10/h3-6,9,12H,7-8,15H2,1-2H3. The zero-order valence-electron chi connectivity index (χ0n) is 11.2. The van der Waals surface area contributed by atoms with E-state index < -0.39 is 0 Å². The van der Waals surface area contributed by atoms with Gasteiger partial charge in [-0.25, -0.2) is 0 Å². The summed E-state index contributed by atoms with van der Waals surface area (Å²) in [5.41, 5.74) is 7.26. The van der Waals surface area contributed by atoms with E-state index >= 15 is 0 Å². The van der Waals surface area contributed by atoms with Gasteiger partial charge in [-0.05, 0) is 30.7 Å². The van der Waals surface area contributed by atoms with Gasteiger partial charge in [-0.3, -0.25) is 0 Å². The Labute approximate surface area is 117 Å². The fourth-order valence-corrected chi connectivity index (χ4v) is 3.06. The number of rotatable bonds is 2. The zero-order valence-corrected chi connectivity index (χ0v) is 12.0. The van der Waals surface area contributed by atoms with Crippen molar-refractivity contribution < 1.29 is 0 Å². The van der Waals surface area contributed by atoms with Crippen LogP contribution in [0.2, 0.25) is 0 Å². The molecule has 1 aliphatic heterocycles. The molecule has 0 radical (unpaired) electrons. The van der Waals surface area contributed by atoms with Crippen LogP contribution in [0.4, 0.5) is 0 Å². The summed E-state index contributed by atoms with van der Waals surface area (Å²) in [4.78, 5) is 1.26. The highest BCUT2D eigenvalue weighted by Gasteiger charge is 2.26. The van der Waals surface area contributed by atoms with Crippen LogP contribution in [0.15, 0.2) is 29.2 Å². The van der Waals surface area contributed by atoms with Crippen molar-refractivity contribution in [1.29, 1.82) is 0 Å². The first kappa shape index (κ1) is 12.7. The minimum absolute atomic E-state index is 0.00969. The summed E-state index contributed by atoms with van der Waals surface area (Å²) < 4.78 is 2.17. The number of hydrogen-bond acceptors (Lipinski definition) is 4. The molecule has 0 fully saturated rings. The minimum Gasteiger partial charge on any atom is -0.321 e. The Balaban J connectivity index is 2.01. The maximum atomic E-state index is 6.15. The van der Waals surface area contributed by atoms with Crippen molar-refractivity contribution >= 4 is 11.8 Å². The molecule has 3 rings (SSSR count). The van der Waals surface area contributed by atoms with Gasteiger partial charge in [0.25, 0.3) is 0 Å². The van der Waals surface area contributed by atoms with Crippen LogP contribution < -0.4 is 5.73 Å². The van der Waals surface area contributed by atoms with Gasteiger partial charge in [0.05, 0.1) is 6.04 Å². The van der Waals surface area contributed by atoms with E-state index in [4.69, 9.17) is 5.73 Å². The van der Waals surface area contributed by atoms with Crippen molar-refractivity contribution in [3.8, 4) is 11.4 Å². The Bertz CT molecular complexity index is 576. The van der Waals surface area contributed by atoms with Crippen LogP contribution in [-0.4, -0.2) is 21.0 Å². The second-order valence-corrected chi connectivity index (χ2v) is 6.05. The van der Waals surface area contributed by atoms with Crippen LogP contribution in [0.3, 0.4) is 0 Å². The van der Waals surface area contributed by atoms with Gasteiger partial charge in [0.1, 0.15) is 5.82 Å². The third-order valence-electron chi connectivity index (χ3n) is 3.61. The van der Waals surface area contributed by atoms with Crippen LogP contribution in [0.5, 0.6) is 0 Å². The van der Waals surface area contributed by atoms with Gasteiger partial charge in [-0.15, -0.1) is 22.0 Å². The van der Waals surface area contributed by atoms with E-state index in [1.165, 1.54) is 4.90 Å². The smallest absolute Gasteiger partial charge is 0.164 e. The third kappa shape index (κ3) is 2.28. The highest BCUT2D eigenvalue weighted by atomic mass is 32.2. The molecule has 2 atom stereocenters. The van der Waals surface area contributed by atoms with E-state index in [-0.39, 0.29) is 6.04 Å². The Morgan fingerprint density at radius 2 is 2.00 bits per heavy atom. The Kier molecular flexibility index (Phi) is 3.33. The van der Waals surface area contributed by atoms with Crippen LogP contribution >= 0.6 is 11.8 Å². The summed E-state index contributed by atoms with van der Waals surface area (Å²) in [6.45, 7) is 3.18. The number of benzene rings is 1. The Morgan fingerprint density at radius 1 is 1.26 bits per heavy atom. The summed E-state index contributed by atoms with van der Waals surface area (Å²) in [6.07, 6.45) is 3.07. The van der Waals surface area contributed by atoms with Gasteiger partial charge in [-0.2, -0.15) is 0 Å². The lowest BCUT2D eigenvalue weighted by atomic mass is 9.97. The lowest BCUT2D eigenvalue weighted by Crippen LogP contribution is -2.27. The normalized spacial score (nSPS) is 22.3. The van der Waals surface area contributed by atoms with Crippen molar-refractivity contribution in [2.75, 3.05) is 6.26 Å². The third-order valence-corrected chi connectivity index (χ3v) is 4.35. The first-order chi connectivity index (χ1) is 9.19. The fourth-order valence-electron chi connectivity index (χ4n) is 2.65. The first-order valence-electron chi connectivity index (χ1n) is 6.52. The van der Waals surface area contributed by atoms with E-state index in [0.29, 0.717) is 5.92 Å². The molecular formula is C14H18N4S. The van der Waals surface area contributed by atoms with E-state index in [1.807, 2.05) is 0 Å². The van der Waals surface area contributed by atoms with Gasteiger partial charge in [-0.1, -0.05) is 19.1 Å². The molecule has 0 bridgehead atoms. The summed E-state index contributed by atoms with van der Waals surface area (Å²) in [6, 6.07) is 8.46. The largest absolute Gasteiger partial charge is 0.321 e. The monoisotopic (exact) mass is 274 g/mol. The molecule has 4 nitrogen and oxygen atoms in total. The molecule has 2 heterocycles. The predicted molar refractivity (Wildman–Crippen MR) is 77.9 cm³/mol. The van der Waals surface area contributed by atoms with Crippen LogP contribution in [0, 0.1) is 5.92 Å². The molecule has 0 aliphatic carbocycles. The molecule has 1 aromatic heterocycles. The SMILES string of the molecule is CSc1ccc(-c2nnc3n2CC(C)CC3N)cc1. The number of nitrogens with two attached hydrogens (primary N) is 1. The van der Waals surface area contributed by atoms with E-state index in [0.717, 1.165) is 30.2 Å². The van der Waals surface area contributed by atoms with E-state index in [9.17, 15) is 0 Å². The molecular weight excluding hydrogens is 256 g/mol. The van der Waals surface area contributed by atoms with Crippen molar-refractivity contribution in [2.24, 2.45) is 11.7 Å². The average molecular weight is 274 g/mol. The maximum Gasteiger partial charge on any atom is 0.164 e. The summed E-state index contributed by atoms with van der Waals surface area (Å²) in [5, 5.41) is 8.61. The highest BCUT2D eigenvalue weighted by molar-refractivity contribution is 7.98. The number of hydrogen-bond donors (Lipinski definition) is 1. The molecule has 2 unspecified atom stereocenters. The molecule has 5 heteroatoms. The second-order valence-electron chi connectivity index (χ2n) is 5.17. The lowest BCUT2D eigenvalue weighted by molar-refractivity contribution is 0.348. The van der Waals surface area contributed by atoms with Gasteiger partial charge in [0, 0.05) is 17.0 Å². The quantitative estimate of drug-likeness (QED) is 0.855. The molecule has 0 spiro atoms. The minimum atomic E-state index is 0.00969. The van der Waals surface area contributed by atoms with Crippen molar-refractivity contribution in [2.45, 2.75) is 30.8 Å².